The molecular weight excluding hydrogens is 614 g/mol. The van der Waals surface area contributed by atoms with Gasteiger partial charge in [0.1, 0.15) is 24.3 Å². The smallest absolute Gasteiger partial charge is 0.252 e. The molecule has 0 N–H and O–H groups in total. The molecule has 0 bridgehead atoms. The van der Waals surface area contributed by atoms with Crippen LogP contribution in [0.5, 0.6) is 0 Å². The first-order chi connectivity index (χ1) is 20.6. The fourth-order valence-electron chi connectivity index (χ4n) is 5.66. The fourth-order valence-corrected chi connectivity index (χ4v) is 7.88. The molecule has 1 saturated heterocycles. The van der Waals surface area contributed by atoms with Crippen LogP contribution in [0.3, 0.4) is 0 Å². The summed E-state index contributed by atoms with van der Waals surface area (Å²) in [4.78, 5) is 27.3. The van der Waals surface area contributed by atoms with E-state index in [-0.39, 0.29) is 31.0 Å². The van der Waals surface area contributed by atoms with Crippen LogP contribution in [0.15, 0.2) is 72.8 Å². The van der Waals surface area contributed by atoms with Crippen molar-refractivity contribution in [3.8, 4) is 0 Å². The number of carbonyl (C=O) groups excluding carboxylic acids is 2. The first-order valence-electron chi connectivity index (χ1n) is 14.3. The van der Waals surface area contributed by atoms with E-state index in [1.54, 1.807) is 41.3 Å². The molecule has 11 heteroatoms. The molecule has 7 nitrogen and oxygen atoms in total. The van der Waals surface area contributed by atoms with Gasteiger partial charge >= 0.3 is 0 Å². The highest BCUT2D eigenvalue weighted by atomic mass is 35.5. The molecule has 5 rings (SSSR count). The van der Waals surface area contributed by atoms with Crippen molar-refractivity contribution in [2.24, 2.45) is 0 Å². The third kappa shape index (κ3) is 6.75. The maximum atomic E-state index is 15.2. The van der Waals surface area contributed by atoms with E-state index in [2.05, 4.69) is 0 Å². The highest BCUT2D eigenvalue weighted by Crippen LogP contribution is 2.45. The Morgan fingerprint density at radius 2 is 1.74 bits per heavy atom. The molecule has 0 unspecified atom stereocenters. The monoisotopic (exact) mass is 646 g/mol. The van der Waals surface area contributed by atoms with E-state index in [1.165, 1.54) is 18.2 Å². The van der Waals surface area contributed by atoms with Gasteiger partial charge in [0.2, 0.25) is 10.0 Å². The summed E-state index contributed by atoms with van der Waals surface area (Å²) < 4.78 is 50.2. The zero-order valence-corrected chi connectivity index (χ0v) is 25.9. The van der Waals surface area contributed by atoms with Crippen LogP contribution in [0.2, 0.25) is 10.0 Å². The zero-order valence-electron chi connectivity index (χ0n) is 23.6. The summed E-state index contributed by atoms with van der Waals surface area (Å²) in [5.74, 6) is -1.03. The van der Waals surface area contributed by atoms with E-state index < -0.39 is 45.4 Å². The number of rotatable bonds is 12. The molecule has 3 aromatic rings. The van der Waals surface area contributed by atoms with Crippen LogP contribution >= 0.6 is 23.2 Å². The van der Waals surface area contributed by atoms with Crippen LogP contribution < -0.4 is 4.31 Å². The average molecular weight is 648 g/mol. The number of halogens is 3. The lowest BCUT2D eigenvalue weighted by Gasteiger charge is -2.49. The van der Waals surface area contributed by atoms with Crippen molar-refractivity contribution in [1.82, 2.24) is 4.90 Å². The van der Waals surface area contributed by atoms with Crippen molar-refractivity contribution in [1.29, 1.82) is 0 Å². The van der Waals surface area contributed by atoms with Crippen LogP contribution in [0.1, 0.15) is 62.3 Å². The molecule has 1 heterocycles. The normalized spacial score (nSPS) is 21.4. The number of para-hydroxylation sites is 1. The molecule has 0 radical (unpaired) electrons. The molecule has 0 spiro atoms. The van der Waals surface area contributed by atoms with Gasteiger partial charge in [-0.3, -0.25) is 9.10 Å². The Balaban J connectivity index is 1.64. The Morgan fingerprint density at radius 1 is 1.02 bits per heavy atom. The molecular formula is C32H33Cl2FN2O5S. The van der Waals surface area contributed by atoms with Crippen LogP contribution in [-0.2, 0) is 24.3 Å². The van der Waals surface area contributed by atoms with Gasteiger partial charge in [0, 0.05) is 16.5 Å². The van der Waals surface area contributed by atoms with E-state index in [4.69, 9.17) is 27.9 Å². The summed E-state index contributed by atoms with van der Waals surface area (Å²) >= 11 is 12.6. The highest BCUT2D eigenvalue weighted by Gasteiger charge is 2.48. The SMILES string of the molecule is CC[C@H](CN(c1ccccc1F)S(=O)(=O)C1CC1)N1C(=O)[C@H](CCC=O)O[C@H](c2cccc(Cl)c2)[C@H]1c1ccc(Cl)cc1. The van der Waals surface area contributed by atoms with E-state index >= 15 is 4.39 Å². The number of hydrogen-bond acceptors (Lipinski definition) is 5. The number of amides is 1. The Labute approximate surface area is 261 Å². The van der Waals surface area contributed by atoms with Crippen molar-refractivity contribution >= 4 is 51.1 Å². The van der Waals surface area contributed by atoms with Crippen LogP contribution in [0, 0.1) is 5.82 Å². The van der Waals surface area contributed by atoms with Crippen LogP contribution in [0.25, 0.3) is 0 Å². The van der Waals surface area contributed by atoms with Gasteiger partial charge in [0.05, 0.1) is 29.6 Å². The van der Waals surface area contributed by atoms with Gasteiger partial charge in [0.15, 0.2) is 0 Å². The van der Waals surface area contributed by atoms with Crippen molar-refractivity contribution in [3.63, 3.8) is 0 Å². The van der Waals surface area contributed by atoms with Gasteiger partial charge < -0.3 is 14.4 Å². The Bertz CT molecular complexity index is 1570. The third-order valence-corrected chi connectivity index (χ3v) is 10.7. The summed E-state index contributed by atoms with van der Waals surface area (Å²) in [6.07, 6.45) is 0.684. The second kappa shape index (κ2) is 13.3. The van der Waals surface area contributed by atoms with Gasteiger partial charge in [-0.1, -0.05) is 66.5 Å². The minimum absolute atomic E-state index is 0.0551. The van der Waals surface area contributed by atoms with Gasteiger partial charge in [-0.2, -0.15) is 0 Å². The summed E-state index contributed by atoms with van der Waals surface area (Å²) in [7, 11) is -3.91. The minimum atomic E-state index is -3.91. The molecule has 4 atom stereocenters. The summed E-state index contributed by atoms with van der Waals surface area (Å²) in [5, 5.41) is 0.392. The predicted molar refractivity (Wildman–Crippen MR) is 165 cm³/mol. The quantitative estimate of drug-likeness (QED) is 0.200. The number of ether oxygens (including phenoxy) is 1. The van der Waals surface area contributed by atoms with E-state index in [0.717, 1.165) is 16.2 Å². The Morgan fingerprint density at radius 3 is 2.37 bits per heavy atom. The molecule has 1 saturated carbocycles. The molecule has 1 aliphatic carbocycles. The summed E-state index contributed by atoms with van der Waals surface area (Å²) in [6.45, 7) is 1.71. The number of anilines is 1. The first-order valence-corrected chi connectivity index (χ1v) is 16.6. The van der Waals surface area contributed by atoms with Crippen LogP contribution in [0.4, 0.5) is 10.1 Å². The lowest BCUT2D eigenvalue weighted by molar-refractivity contribution is -0.180. The molecule has 43 heavy (non-hydrogen) atoms. The average Bonchev–Trinajstić information content (AvgIpc) is 3.85. The largest absolute Gasteiger partial charge is 0.358 e. The molecule has 2 fully saturated rings. The van der Waals surface area contributed by atoms with Gasteiger partial charge in [0.25, 0.3) is 5.91 Å². The molecule has 1 aliphatic heterocycles. The van der Waals surface area contributed by atoms with Crippen molar-refractivity contribution in [3.05, 3.63) is 99.8 Å². The third-order valence-electron chi connectivity index (χ3n) is 7.98. The Kier molecular flexibility index (Phi) is 9.76. The minimum Gasteiger partial charge on any atom is -0.358 e. The van der Waals surface area contributed by atoms with Crippen molar-refractivity contribution < 1.29 is 27.1 Å². The number of aldehydes is 1. The summed E-state index contributed by atoms with van der Waals surface area (Å²) in [5.41, 5.74) is 1.38. The van der Waals surface area contributed by atoms with Crippen molar-refractivity contribution in [2.75, 3.05) is 10.8 Å². The molecule has 228 valence electrons. The lowest BCUT2D eigenvalue weighted by Crippen LogP contribution is -2.57. The lowest BCUT2D eigenvalue weighted by atomic mass is 9.89. The topological polar surface area (TPSA) is 84.0 Å². The second-order valence-corrected chi connectivity index (χ2v) is 13.9. The summed E-state index contributed by atoms with van der Waals surface area (Å²) in [6, 6.07) is 18.6. The number of hydrogen-bond donors (Lipinski definition) is 0. The Hall–Kier alpha value is -2.98. The molecule has 3 aromatic carbocycles. The van der Waals surface area contributed by atoms with E-state index in [1.807, 2.05) is 25.1 Å². The standard InChI is InChI=1S/C32H33Cl2FN2O5S/c1-2-25(20-36(43(40,41)26-16-17-26)28-10-4-3-9-27(28)35)37-30(21-12-14-23(33)15-13-21)31(22-7-5-8-24(34)19-22)42-29(32(37)39)11-6-18-38/h3-5,7-10,12-15,18-19,25-26,29-31H,2,6,11,16-17,20H2,1H3/t25-,29+,30-,31-/m1/s1. The van der Waals surface area contributed by atoms with E-state index in [0.29, 0.717) is 34.9 Å². The van der Waals surface area contributed by atoms with Crippen molar-refractivity contribution in [2.45, 2.75) is 68.6 Å². The van der Waals surface area contributed by atoms with Gasteiger partial charge in [-0.15, -0.1) is 0 Å². The number of carbonyl (C=O) groups is 2. The zero-order chi connectivity index (χ0) is 30.7. The highest BCUT2D eigenvalue weighted by molar-refractivity contribution is 7.93. The van der Waals surface area contributed by atoms with Gasteiger partial charge in [-0.25, -0.2) is 12.8 Å². The van der Waals surface area contributed by atoms with E-state index in [9.17, 15) is 18.0 Å². The fraction of sp³-hybridized carbons (Fsp3) is 0.375. The molecule has 1 amide bonds. The molecule has 0 aromatic heterocycles. The first kappa shape index (κ1) is 31.4. The molecule has 2 aliphatic rings. The second-order valence-electron chi connectivity index (χ2n) is 10.9. The number of morpholine rings is 1. The van der Waals surface area contributed by atoms with Gasteiger partial charge in [-0.05, 0) is 73.2 Å². The maximum Gasteiger partial charge on any atom is 0.252 e. The number of sulfonamides is 1. The van der Waals surface area contributed by atoms with Crippen LogP contribution in [-0.4, -0.2) is 49.5 Å². The maximum absolute atomic E-state index is 15.2. The number of benzene rings is 3. The predicted octanol–water partition coefficient (Wildman–Crippen LogP) is 6.90. The number of nitrogens with zero attached hydrogens (tertiary/aromatic N) is 2.